The number of carbonyl (C=O) groups is 1. The molecule has 0 aliphatic rings. The minimum atomic E-state index is -0.425. The van der Waals surface area contributed by atoms with Gasteiger partial charge in [-0.3, -0.25) is 4.79 Å². The molecule has 0 fully saturated rings. The molecule has 1 amide bonds. The predicted molar refractivity (Wildman–Crippen MR) is 118 cm³/mol. The molecule has 3 aromatic rings. The number of carbonyl (C=O) groups excluding carboxylic acids is 1. The van der Waals surface area contributed by atoms with Crippen molar-refractivity contribution in [3.63, 3.8) is 0 Å². The smallest absolute Gasteiger partial charge is 0.271 e. The van der Waals surface area contributed by atoms with E-state index in [1.165, 1.54) is 34.1 Å². The summed E-state index contributed by atoms with van der Waals surface area (Å²) in [5, 5.41) is 3.93. The first kappa shape index (κ1) is 20.8. The van der Waals surface area contributed by atoms with Gasteiger partial charge in [-0.2, -0.15) is 5.10 Å². The second-order valence-corrected chi connectivity index (χ2v) is 7.28. The van der Waals surface area contributed by atoms with Crippen LogP contribution in [0.5, 0.6) is 11.5 Å². The van der Waals surface area contributed by atoms with E-state index in [2.05, 4.69) is 33.1 Å². The van der Waals surface area contributed by atoms with Gasteiger partial charge in [0.1, 0.15) is 12.4 Å². The molecule has 3 rings (SSSR count). The lowest BCUT2D eigenvalue weighted by Crippen LogP contribution is -2.17. The lowest BCUT2D eigenvalue weighted by Gasteiger charge is -2.11. The summed E-state index contributed by atoms with van der Waals surface area (Å²) in [6, 6.07) is 18.7. The van der Waals surface area contributed by atoms with Gasteiger partial charge >= 0.3 is 0 Å². The zero-order chi connectivity index (χ0) is 20.6. The first-order valence-corrected chi connectivity index (χ1v) is 9.77. The Morgan fingerprint density at radius 2 is 1.79 bits per heavy atom. The third kappa shape index (κ3) is 6.02. The Hall–Kier alpha value is -2.94. The highest BCUT2D eigenvalue weighted by Gasteiger charge is 2.07. The van der Waals surface area contributed by atoms with Gasteiger partial charge in [-0.05, 0) is 88.3 Å². The number of amides is 1. The van der Waals surface area contributed by atoms with E-state index < -0.39 is 11.7 Å². The van der Waals surface area contributed by atoms with Crippen molar-refractivity contribution in [2.75, 3.05) is 7.11 Å². The summed E-state index contributed by atoms with van der Waals surface area (Å²) in [6.07, 6.45) is 1.49. The van der Waals surface area contributed by atoms with Crippen LogP contribution in [-0.4, -0.2) is 19.2 Å². The highest BCUT2D eigenvalue weighted by atomic mass is 127. The van der Waals surface area contributed by atoms with Crippen molar-refractivity contribution in [2.45, 2.75) is 6.61 Å². The molecule has 0 saturated carbocycles. The number of benzene rings is 3. The number of hydrogen-bond donors (Lipinski definition) is 1. The minimum absolute atomic E-state index is 0.320. The molecule has 3 aromatic carbocycles. The fraction of sp³-hybridized carbons (Fsp3) is 0.0909. The van der Waals surface area contributed by atoms with Crippen molar-refractivity contribution in [1.82, 2.24) is 5.43 Å². The standard InChI is InChI=1S/C22H18FIN2O3/c1-28-21-12-16(13-25-26-22(27)17-5-7-18(23)8-6-17)4-11-20(21)29-14-15-2-9-19(24)10-3-15/h2-13H,14H2,1H3,(H,26,27)/b25-13-. The number of nitrogens with one attached hydrogen (secondary N) is 1. The molecule has 0 unspecified atom stereocenters. The third-order valence-corrected chi connectivity index (χ3v) is 4.70. The predicted octanol–water partition coefficient (Wildman–Crippen LogP) is 4.78. The van der Waals surface area contributed by atoms with Gasteiger partial charge in [0.15, 0.2) is 11.5 Å². The van der Waals surface area contributed by atoms with Crippen LogP contribution in [0.1, 0.15) is 21.5 Å². The van der Waals surface area contributed by atoms with Gasteiger partial charge in [0.25, 0.3) is 5.91 Å². The normalized spacial score (nSPS) is 10.7. The number of nitrogens with zero attached hydrogens (tertiary/aromatic N) is 1. The van der Waals surface area contributed by atoms with E-state index in [1.807, 2.05) is 24.3 Å². The summed E-state index contributed by atoms with van der Waals surface area (Å²) >= 11 is 2.26. The topological polar surface area (TPSA) is 59.9 Å². The maximum atomic E-state index is 12.9. The summed E-state index contributed by atoms with van der Waals surface area (Å²) in [5.41, 5.74) is 4.51. The van der Waals surface area contributed by atoms with Gasteiger partial charge < -0.3 is 9.47 Å². The summed E-state index contributed by atoms with van der Waals surface area (Å²) in [5.74, 6) is 0.343. The van der Waals surface area contributed by atoms with Crippen LogP contribution < -0.4 is 14.9 Å². The van der Waals surface area contributed by atoms with Gasteiger partial charge in [0.05, 0.1) is 13.3 Å². The van der Waals surface area contributed by atoms with Gasteiger partial charge in [-0.25, -0.2) is 9.82 Å². The molecular weight excluding hydrogens is 486 g/mol. The highest BCUT2D eigenvalue weighted by Crippen LogP contribution is 2.28. The number of methoxy groups -OCH3 is 1. The number of hydrazone groups is 1. The highest BCUT2D eigenvalue weighted by molar-refractivity contribution is 14.1. The van der Waals surface area contributed by atoms with Crippen LogP contribution in [0.25, 0.3) is 0 Å². The average Bonchev–Trinajstić information content (AvgIpc) is 2.74. The summed E-state index contributed by atoms with van der Waals surface area (Å²) in [6.45, 7) is 0.425. The molecule has 0 spiro atoms. The first-order valence-electron chi connectivity index (χ1n) is 8.69. The summed E-state index contributed by atoms with van der Waals surface area (Å²) in [4.78, 5) is 12.0. The maximum absolute atomic E-state index is 12.9. The molecule has 0 bridgehead atoms. The Morgan fingerprint density at radius 1 is 1.07 bits per heavy atom. The largest absolute Gasteiger partial charge is 0.493 e. The van der Waals surface area contributed by atoms with Crippen LogP contribution in [0.15, 0.2) is 71.8 Å². The van der Waals surface area contributed by atoms with Crippen LogP contribution >= 0.6 is 22.6 Å². The fourth-order valence-corrected chi connectivity index (χ4v) is 2.82. The Bertz CT molecular complexity index is 1010. The Kier molecular flexibility index (Phi) is 7.18. The van der Waals surface area contributed by atoms with Crippen molar-refractivity contribution >= 4 is 34.7 Å². The van der Waals surface area contributed by atoms with E-state index in [0.717, 1.165) is 11.1 Å². The molecule has 0 aromatic heterocycles. The average molecular weight is 504 g/mol. The second-order valence-electron chi connectivity index (χ2n) is 6.03. The first-order chi connectivity index (χ1) is 14.0. The molecule has 0 radical (unpaired) electrons. The molecule has 148 valence electrons. The van der Waals surface area contributed by atoms with Crippen molar-refractivity contribution in [3.8, 4) is 11.5 Å². The van der Waals surface area contributed by atoms with Crippen molar-refractivity contribution < 1.29 is 18.7 Å². The SMILES string of the molecule is COc1cc(/C=N\NC(=O)c2ccc(F)cc2)ccc1OCc1ccc(I)cc1. The van der Waals surface area contributed by atoms with Crippen molar-refractivity contribution in [3.05, 3.63) is 92.8 Å². The third-order valence-electron chi connectivity index (χ3n) is 3.98. The molecule has 7 heteroatoms. The summed E-state index contributed by atoms with van der Waals surface area (Å²) in [7, 11) is 1.56. The van der Waals surface area contributed by atoms with Gasteiger partial charge in [0, 0.05) is 9.13 Å². The number of hydrogen-bond acceptors (Lipinski definition) is 4. The van der Waals surface area contributed by atoms with E-state index in [-0.39, 0.29) is 0 Å². The molecule has 0 saturated heterocycles. The van der Waals surface area contributed by atoms with E-state index >= 15 is 0 Å². The zero-order valence-corrected chi connectivity index (χ0v) is 17.7. The minimum Gasteiger partial charge on any atom is -0.493 e. The number of halogens is 2. The van der Waals surface area contributed by atoms with Crippen LogP contribution in [0.2, 0.25) is 0 Å². The molecule has 29 heavy (non-hydrogen) atoms. The lowest BCUT2D eigenvalue weighted by molar-refractivity contribution is 0.0955. The van der Waals surface area contributed by atoms with E-state index in [0.29, 0.717) is 23.7 Å². The fourth-order valence-electron chi connectivity index (χ4n) is 2.46. The Morgan fingerprint density at radius 3 is 2.48 bits per heavy atom. The van der Waals surface area contributed by atoms with Crippen molar-refractivity contribution in [2.24, 2.45) is 5.10 Å². The molecule has 0 atom stereocenters. The van der Waals surface area contributed by atoms with E-state index in [9.17, 15) is 9.18 Å². The molecule has 5 nitrogen and oxygen atoms in total. The summed E-state index contributed by atoms with van der Waals surface area (Å²) < 4.78 is 25.3. The Balaban J connectivity index is 1.61. The van der Waals surface area contributed by atoms with Gasteiger partial charge in [-0.15, -0.1) is 0 Å². The molecule has 0 aliphatic carbocycles. The van der Waals surface area contributed by atoms with Crippen molar-refractivity contribution in [1.29, 1.82) is 0 Å². The number of rotatable bonds is 7. The Labute approximate surface area is 181 Å². The van der Waals surface area contributed by atoms with Gasteiger partial charge in [-0.1, -0.05) is 12.1 Å². The molecule has 1 N–H and O–H groups in total. The second kappa shape index (κ2) is 10.0. The molecule has 0 heterocycles. The van der Waals surface area contributed by atoms with Gasteiger partial charge in [0.2, 0.25) is 0 Å². The van der Waals surface area contributed by atoms with Crippen LogP contribution in [0.4, 0.5) is 4.39 Å². The van der Waals surface area contributed by atoms with E-state index in [4.69, 9.17) is 9.47 Å². The molecular formula is C22H18FIN2O3. The number of ether oxygens (including phenoxy) is 2. The monoisotopic (exact) mass is 504 g/mol. The van der Waals surface area contributed by atoms with Crippen LogP contribution in [0.3, 0.4) is 0 Å². The van der Waals surface area contributed by atoms with E-state index in [1.54, 1.807) is 25.3 Å². The zero-order valence-electron chi connectivity index (χ0n) is 15.6. The maximum Gasteiger partial charge on any atom is 0.271 e. The van der Waals surface area contributed by atoms with Crippen LogP contribution in [-0.2, 0) is 6.61 Å². The lowest BCUT2D eigenvalue weighted by atomic mass is 10.2. The quantitative estimate of drug-likeness (QED) is 0.286. The molecule has 0 aliphatic heterocycles. The van der Waals surface area contributed by atoms with Crippen LogP contribution in [0, 0.1) is 9.39 Å².